The molecule has 0 bridgehead atoms. The van der Waals surface area contributed by atoms with E-state index in [-0.39, 0.29) is 35.5 Å². The fourth-order valence-electron chi connectivity index (χ4n) is 5.67. The van der Waals surface area contributed by atoms with Gasteiger partial charge < -0.3 is 15.0 Å². The number of aryl methyl sites for hydroxylation is 2. The van der Waals surface area contributed by atoms with Crippen molar-refractivity contribution in [2.75, 3.05) is 10.8 Å². The van der Waals surface area contributed by atoms with E-state index in [1.54, 1.807) is 36.4 Å². The van der Waals surface area contributed by atoms with Crippen LogP contribution in [0.25, 0.3) is 0 Å². The van der Waals surface area contributed by atoms with E-state index < -0.39 is 28.5 Å². The number of rotatable bonds is 15. The number of amides is 2. The molecule has 0 radical (unpaired) electrons. The summed E-state index contributed by atoms with van der Waals surface area (Å²) in [4.78, 5) is 30.4. The minimum atomic E-state index is -4.23. The van der Waals surface area contributed by atoms with E-state index >= 15 is 0 Å². The predicted molar refractivity (Wildman–Crippen MR) is 202 cm³/mol. The van der Waals surface area contributed by atoms with E-state index in [1.165, 1.54) is 17.0 Å². The molecule has 1 N–H and O–H groups in total. The molecule has 9 heteroatoms. The second kappa shape index (κ2) is 17.0. The van der Waals surface area contributed by atoms with Gasteiger partial charge in [-0.15, -0.1) is 0 Å². The van der Waals surface area contributed by atoms with Gasteiger partial charge in [0.15, 0.2) is 0 Å². The maximum Gasteiger partial charge on any atom is 0.264 e. The number of carbonyl (C=O) groups excluding carboxylic acids is 2. The zero-order valence-electron chi connectivity index (χ0n) is 29.5. The van der Waals surface area contributed by atoms with Crippen molar-refractivity contribution < 1.29 is 22.7 Å². The van der Waals surface area contributed by atoms with Crippen molar-refractivity contribution in [3.8, 4) is 11.5 Å². The smallest absolute Gasteiger partial charge is 0.264 e. The highest BCUT2D eigenvalue weighted by molar-refractivity contribution is 7.92. The highest BCUT2D eigenvalue weighted by Gasteiger charge is 2.35. The summed E-state index contributed by atoms with van der Waals surface area (Å²) in [7, 11) is -4.23. The summed E-state index contributed by atoms with van der Waals surface area (Å²) < 4.78 is 35.9. The van der Waals surface area contributed by atoms with Crippen molar-refractivity contribution in [3.63, 3.8) is 0 Å². The first-order valence-electron chi connectivity index (χ1n) is 17.1. The van der Waals surface area contributed by atoms with Crippen molar-refractivity contribution >= 4 is 27.5 Å². The van der Waals surface area contributed by atoms with Gasteiger partial charge in [-0.1, -0.05) is 103 Å². The van der Waals surface area contributed by atoms with Gasteiger partial charge in [0.25, 0.3) is 10.0 Å². The van der Waals surface area contributed by atoms with Crippen LogP contribution in [0, 0.1) is 13.8 Å². The van der Waals surface area contributed by atoms with Gasteiger partial charge in [0, 0.05) is 19.0 Å². The van der Waals surface area contributed by atoms with Crippen molar-refractivity contribution in [2.45, 2.75) is 64.1 Å². The van der Waals surface area contributed by atoms with Crippen LogP contribution in [0.3, 0.4) is 0 Å². The summed E-state index contributed by atoms with van der Waals surface area (Å²) >= 11 is 0. The molecule has 0 saturated heterocycles. The van der Waals surface area contributed by atoms with Crippen LogP contribution in [0.1, 0.15) is 42.5 Å². The second-order valence-corrected chi connectivity index (χ2v) is 14.6. The number of carbonyl (C=O) groups is 2. The minimum Gasteiger partial charge on any atom is -0.457 e. The molecule has 5 rings (SSSR count). The Bertz CT molecular complexity index is 2000. The maximum atomic E-state index is 14.8. The molecule has 8 nitrogen and oxygen atoms in total. The number of benzene rings is 5. The molecule has 51 heavy (non-hydrogen) atoms. The van der Waals surface area contributed by atoms with Crippen LogP contribution in [0.2, 0.25) is 0 Å². The number of nitrogens with one attached hydrogen (secondary N) is 1. The van der Waals surface area contributed by atoms with Crippen LogP contribution in [-0.2, 0) is 32.6 Å². The Kier molecular flexibility index (Phi) is 12.3. The third-order valence-electron chi connectivity index (χ3n) is 8.70. The fraction of sp³-hybridized carbons (Fsp3) is 0.238. The average molecular weight is 704 g/mol. The molecule has 0 aromatic heterocycles. The summed E-state index contributed by atoms with van der Waals surface area (Å²) in [6.07, 6.45) is 0.957. The van der Waals surface area contributed by atoms with Gasteiger partial charge >= 0.3 is 0 Å². The van der Waals surface area contributed by atoms with Gasteiger partial charge in [-0.3, -0.25) is 13.9 Å². The van der Waals surface area contributed by atoms with Crippen LogP contribution in [0.4, 0.5) is 5.69 Å². The summed E-state index contributed by atoms with van der Waals surface area (Å²) in [6.45, 7) is 7.32. The lowest BCUT2D eigenvalue weighted by molar-refractivity contribution is -0.140. The van der Waals surface area contributed by atoms with Gasteiger partial charge in [0.1, 0.15) is 24.1 Å². The zero-order chi connectivity index (χ0) is 36.4. The molecule has 0 aliphatic rings. The van der Waals surface area contributed by atoms with Crippen LogP contribution >= 0.6 is 0 Å². The Hall–Kier alpha value is -5.41. The highest BCUT2D eigenvalue weighted by atomic mass is 32.2. The summed E-state index contributed by atoms with van der Waals surface area (Å²) in [5, 5.41) is 3.08. The largest absolute Gasteiger partial charge is 0.457 e. The Morgan fingerprint density at radius 3 is 1.96 bits per heavy atom. The summed E-state index contributed by atoms with van der Waals surface area (Å²) in [5.74, 6) is 0.327. The molecular formula is C42H45N3O5S. The molecule has 0 aliphatic heterocycles. The number of anilines is 1. The summed E-state index contributed by atoms with van der Waals surface area (Å²) in [6, 6.07) is 38.6. The molecule has 0 fully saturated rings. The van der Waals surface area contributed by atoms with Crippen molar-refractivity contribution in [1.82, 2.24) is 10.2 Å². The molecule has 0 unspecified atom stereocenters. The Labute approximate surface area is 301 Å². The lowest BCUT2D eigenvalue weighted by atomic mass is 10.0. The van der Waals surface area contributed by atoms with Crippen molar-refractivity contribution in [1.29, 1.82) is 0 Å². The van der Waals surface area contributed by atoms with E-state index in [4.69, 9.17) is 4.74 Å². The first-order valence-corrected chi connectivity index (χ1v) is 18.6. The molecule has 0 aliphatic carbocycles. The Morgan fingerprint density at radius 2 is 1.33 bits per heavy atom. The lowest BCUT2D eigenvalue weighted by Crippen LogP contribution is -2.54. The first kappa shape index (κ1) is 36.9. The first-order chi connectivity index (χ1) is 24.5. The number of nitrogens with zero attached hydrogens (tertiary/aromatic N) is 2. The minimum absolute atomic E-state index is 0.0473. The van der Waals surface area contributed by atoms with Crippen molar-refractivity contribution in [2.24, 2.45) is 0 Å². The molecule has 2 amide bonds. The Morgan fingerprint density at radius 1 is 0.725 bits per heavy atom. The van der Waals surface area contributed by atoms with Crippen molar-refractivity contribution in [3.05, 3.63) is 156 Å². The second-order valence-electron chi connectivity index (χ2n) is 12.8. The quantitative estimate of drug-likeness (QED) is 0.120. The fourth-order valence-corrected chi connectivity index (χ4v) is 7.09. The predicted octanol–water partition coefficient (Wildman–Crippen LogP) is 7.85. The highest BCUT2D eigenvalue weighted by Crippen LogP contribution is 2.29. The summed E-state index contributed by atoms with van der Waals surface area (Å²) in [5.41, 5.74) is 3.89. The van der Waals surface area contributed by atoms with Gasteiger partial charge in [0.2, 0.25) is 11.8 Å². The number of hydrogen-bond donors (Lipinski definition) is 1. The molecule has 5 aromatic carbocycles. The van der Waals surface area contributed by atoms with Gasteiger partial charge in [0.05, 0.1) is 10.6 Å². The van der Waals surface area contributed by atoms with E-state index in [0.717, 1.165) is 26.6 Å². The van der Waals surface area contributed by atoms with Crippen LogP contribution < -0.4 is 14.4 Å². The third-order valence-corrected chi connectivity index (χ3v) is 10.5. The van der Waals surface area contributed by atoms with E-state index in [1.807, 2.05) is 113 Å². The number of ether oxygens (including phenoxy) is 1. The molecular weight excluding hydrogens is 659 g/mol. The zero-order valence-corrected chi connectivity index (χ0v) is 30.3. The number of hydrogen-bond acceptors (Lipinski definition) is 5. The molecule has 0 heterocycles. The van der Waals surface area contributed by atoms with Gasteiger partial charge in [-0.05, 0) is 86.8 Å². The Balaban J connectivity index is 1.56. The van der Waals surface area contributed by atoms with Crippen LogP contribution in [0.5, 0.6) is 11.5 Å². The van der Waals surface area contributed by atoms with Crippen LogP contribution in [0.15, 0.2) is 138 Å². The molecule has 0 spiro atoms. The third kappa shape index (κ3) is 9.86. The monoisotopic (exact) mass is 703 g/mol. The topological polar surface area (TPSA) is 96.0 Å². The van der Waals surface area contributed by atoms with Gasteiger partial charge in [-0.2, -0.15) is 0 Å². The number of para-hydroxylation sites is 1. The molecule has 5 aromatic rings. The normalized spacial score (nSPS) is 12.4. The van der Waals surface area contributed by atoms with E-state index in [9.17, 15) is 18.0 Å². The van der Waals surface area contributed by atoms with Crippen LogP contribution in [-0.4, -0.2) is 43.8 Å². The maximum absolute atomic E-state index is 14.8. The standard InChI is InChI=1S/C42H45N3O5S/c1-5-33(4)43-42(47)40(28-34-14-8-6-9-15-34)44(29-35-16-12-13-32(3)27-35)41(46)30-45(51(48,49)39-25-19-31(2)20-26-39)36-21-23-38(24-22-36)50-37-17-10-7-11-18-37/h6-27,33,40H,5,28-30H2,1-4H3,(H,43,47)/t33-,40-/m0/s1. The molecule has 0 saturated carbocycles. The number of sulfonamides is 1. The lowest BCUT2D eigenvalue weighted by Gasteiger charge is -2.34. The van der Waals surface area contributed by atoms with E-state index in [0.29, 0.717) is 17.9 Å². The average Bonchev–Trinajstić information content (AvgIpc) is 3.13. The van der Waals surface area contributed by atoms with Gasteiger partial charge in [-0.25, -0.2) is 8.42 Å². The molecule has 2 atom stereocenters. The van der Waals surface area contributed by atoms with E-state index in [2.05, 4.69) is 5.32 Å². The SMILES string of the molecule is CC[C@H](C)NC(=O)[C@H](Cc1ccccc1)N(Cc1cccc(C)c1)C(=O)CN(c1ccc(Oc2ccccc2)cc1)S(=O)(=O)c1ccc(C)cc1. The molecule has 264 valence electrons.